The van der Waals surface area contributed by atoms with Gasteiger partial charge >= 0.3 is 6.03 Å². The van der Waals surface area contributed by atoms with Crippen molar-refractivity contribution >= 4 is 87.5 Å². The lowest BCUT2D eigenvalue weighted by Crippen LogP contribution is -2.71. The van der Waals surface area contributed by atoms with Crippen LogP contribution in [0.5, 0.6) is 5.75 Å². The van der Waals surface area contributed by atoms with Crippen LogP contribution in [0.4, 0.5) is 25.0 Å². The normalized spacial score (nSPS) is 23.9. The second kappa shape index (κ2) is 58.2. The van der Waals surface area contributed by atoms with Gasteiger partial charge in [0.2, 0.25) is 47.1 Å². The highest BCUT2D eigenvalue weighted by Crippen LogP contribution is 2.72. The van der Waals surface area contributed by atoms with Gasteiger partial charge in [-0.3, -0.25) is 58.8 Å². The lowest BCUT2D eigenvalue weighted by molar-refractivity contribution is -0.869. The van der Waals surface area contributed by atoms with Crippen LogP contribution in [0.25, 0.3) is 11.4 Å². The van der Waals surface area contributed by atoms with E-state index in [1.807, 2.05) is 67.5 Å². The number of carbonyl (C=O) groups is 11. The van der Waals surface area contributed by atoms with Gasteiger partial charge in [-0.25, -0.2) is 13.6 Å². The maximum atomic E-state index is 18.2. The number of primary amides is 1. The summed E-state index contributed by atoms with van der Waals surface area (Å²) in [7, 11) is 8.03. The fourth-order valence-corrected chi connectivity index (χ4v) is 21.2. The van der Waals surface area contributed by atoms with Crippen LogP contribution in [0.3, 0.4) is 0 Å². The molecule has 4 fully saturated rings. The average Bonchev–Trinajstić information content (AvgIpc) is 1.47. The summed E-state index contributed by atoms with van der Waals surface area (Å²) in [5, 5.41) is 37.2. The lowest BCUT2D eigenvalue weighted by atomic mass is 9.44. The number of ketones is 3. The number of allylic oxidation sites excluding steroid dienone is 5. The molecule has 9 amide bonds. The molecule has 0 aromatic heterocycles. The Hall–Kier alpha value is -10.6. The van der Waals surface area contributed by atoms with E-state index in [9.17, 15) is 53.1 Å². The van der Waals surface area contributed by atoms with Gasteiger partial charge in [0.1, 0.15) is 37.3 Å². The molecule has 3 saturated carbocycles. The number of nitrogens with two attached hydrogens (primary N) is 2. The van der Waals surface area contributed by atoms with Gasteiger partial charge in [0.25, 0.3) is 0 Å². The Morgan fingerprint density at radius 3 is 1.95 bits per heavy atom. The zero-order valence-corrected chi connectivity index (χ0v) is 87.4. The first-order chi connectivity index (χ1) is 71.2. The Bertz CT molecular complexity index is 5030. The SMILES string of the molecule is CCCC1O[C@@H]2C[C@H]3[C@@H]4C[C@H](F)C5=CC(=O)C=C[C@]5(C)[C@@]4(F)[C@@H](O)C[C@]3(C)[C@]2(C(=O)COc2ccc(NC(=O)[C@H](CCCNC(N)=O)CC(=O)[C@@H](NC(=O)[C@@H](CCCCNC(=O)COC3CCCCCC4=C3NNN4CCOCCOCCOCCOCCC(=O)NCC[N+](C)(C)C)NC(=O)CCOCCOCCOCCOCCNC(=O)CCC(=O)N3Cc4ccccc4/C(NC)=C(/NN)c4ccccc43)C(C)C)cc2)O1. The Kier molecular flexibility index (Phi) is 46.3. The second-order valence-corrected chi connectivity index (χ2v) is 40.6. The molecule has 40 nitrogen and oxygen atoms in total. The average molecular weight is 2080 g/mol. The molecule has 2 unspecified atom stereocenters. The van der Waals surface area contributed by atoms with Gasteiger partial charge in [0.05, 0.1) is 200 Å². The third-order valence-corrected chi connectivity index (χ3v) is 28.9. The quantitative estimate of drug-likeness (QED) is 0.0128. The van der Waals surface area contributed by atoms with Crippen LogP contribution in [0, 0.1) is 34.5 Å². The summed E-state index contributed by atoms with van der Waals surface area (Å²) in [6.07, 6.45) is 3.93. The molecule has 0 spiro atoms. The number of likely N-dealkylation sites (N-methyl/N-ethyl adjacent to an activating group) is 1. The first kappa shape index (κ1) is 118. The highest BCUT2D eigenvalue weighted by atomic mass is 19.1. The number of amides is 9. The molecule has 3 aliphatic heterocycles. The molecule has 42 heteroatoms. The zero-order chi connectivity index (χ0) is 106. The number of benzene rings is 3. The minimum absolute atomic E-state index is 0.0200. The molecule has 14 atom stereocenters. The molecule has 3 aromatic carbocycles. The minimum atomic E-state index is -2.40. The number of Topliss-reactive ketones (excluding diaryl/α,β-unsaturated/α-hetero) is 2. The van der Waals surface area contributed by atoms with E-state index in [1.54, 1.807) is 25.7 Å². The van der Waals surface area contributed by atoms with Crippen LogP contribution >= 0.6 is 0 Å². The molecule has 148 heavy (non-hydrogen) atoms. The summed E-state index contributed by atoms with van der Waals surface area (Å²) in [5.74, 6) is -1.26. The number of halogens is 2. The summed E-state index contributed by atoms with van der Waals surface area (Å²) in [6, 6.07) is 18.2. The molecule has 0 bridgehead atoms. The molecule has 5 aliphatic carbocycles. The molecule has 8 aliphatic rings. The fourth-order valence-electron chi connectivity index (χ4n) is 21.2. The number of aliphatic hydroxyl groups is 1. The van der Waals surface area contributed by atoms with Gasteiger partial charge in [0, 0.05) is 98.3 Å². The van der Waals surface area contributed by atoms with Gasteiger partial charge in [-0.1, -0.05) is 95.5 Å². The van der Waals surface area contributed by atoms with Crippen molar-refractivity contribution in [2.75, 3.05) is 197 Å². The predicted molar refractivity (Wildman–Crippen MR) is 547 cm³/mol. The number of nitrogens with one attached hydrogen (secondary N) is 11. The highest BCUT2D eigenvalue weighted by Gasteiger charge is 2.80. The van der Waals surface area contributed by atoms with E-state index in [2.05, 4.69) is 80.1 Å². The van der Waals surface area contributed by atoms with E-state index in [0.29, 0.717) is 116 Å². The van der Waals surface area contributed by atoms with Crippen LogP contribution in [0.2, 0.25) is 0 Å². The number of para-hydroxylation sites is 1. The molecule has 11 rings (SSSR count). The Labute approximate surface area is 866 Å². The molecule has 820 valence electrons. The van der Waals surface area contributed by atoms with Gasteiger partial charge in [-0.15, -0.1) is 5.53 Å². The van der Waals surface area contributed by atoms with Gasteiger partial charge in [-0.2, -0.15) is 0 Å². The van der Waals surface area contributed by atoms with Crippen molar-refractivity contribution in [2.45, 2.75) is 224 Å². The number of quaternary nitrogens is 1. The fraction of sp³-hybridized carbons (Fsp3) is 0.651. The molecular weight excluding hydrogens is 1920 g/mol. The molecule has 16 N–H and O–H groups in total. The molecule has 3 heterocycles. The molecular formula is C106H159F2N16O24+. The topological polar surface area (TPSA) is 510 Å². The van der Waals surface area contributed by atoms with Crippen molar-refractivity contribution in [3.8, 4) is 5.75 Å². The first-order valence-electron chi connectivity index (χ1n) is 52.4. The number of anilines is 2. The number of alkyl halides is 2. The maximum Gasteiger partial charge on any atom is 0.312 e. The molecule has 0 radical (unpaired) electrons. The summed E-state index contributed by atoms with van der Waals surface area (Å²) >= 11 is 0. The van der Waals surface area contributed by atoms with Gasteiger partial charge < -0.3 is 130 Å². The number of hydrazine groups is 3. The maximum absolute atomic E-state index is 18.2. The third kappa shape index (κ3) is 32.3. The monoisotopic (exact) mass is 2080 g/mol. The van der Waals surface area contributed by atoms with Crippen molar-refractivity contribution in [3.63, 3.8) is 0 Å². The minimum Gasteiger partial charge on any atom is -0.486 e. The molecule has 3 aromatic rings. The third-order valence-electron chi connectivity index (χ3n) is 28.9. The van der Waals surface area contributed by atoms with Crippen LogP contribution in [0.1, 0.15) is 180 Å². The van der Waals surface area contributed by atoms with Crippen LogP contribution in [0.15, 0.2) is 108 Å². The smallest absolute Gasteiger partial charge is 0.312 e. The number of hydrogen-bond acceptors (Lipinski definition) is 30. The van der Waals surface area contributed by atoms with Crippen molar-refractivity contribution in [1.29, 1.82) is 0 Å². The Morgan fingerprint density at radius 2 is 1.29 bits per heavy atom. The van der Waals surface area contributed by atoms with Gasteiger partial charge in [0.15, 0.2) is 29.1 Å². The number of aliphatic hydroxyl groups excluding tert-OH is 1. The Morgan fingerprint density at radius 1 is 0.662 bits per heavy atom. The number of ether oxygens (including phenoxy) is 12. The van der Waals surface area contributed by atoms with Crippen molar-refractivity contribution < 1.29 is 128 Å². The number of fused-ring (bicyclic) bond motifs is 9. The largest absolute Gasteiger partial charge is 0.486 e. The lowest BCUT2D eigenvalue weighted by Gasteiger charge is -2.63. The standard InChI is InChI=1S/C106H158F2N16O24/c1-10-21-95-147-89-65-78-79-64-81(107)80-63-74(125)36-39-103(80,4)105(79,108)87(127)66-104(78,5)106(89,148-95)88(128)68-145-75-32-30-73(31-33-75)116-100(134)71(23-20-41-115-102(109)136)62-85(126)96(70(2)3)118-101(135)82(26-18-19-40-112-93(132)69-146-86-29-13-11-12-28-84-99(86)120-121-123(84)44-49-140-53-57-144-61-59-141-54-50-137-46-37-91(130)113-42-45-124(7,8)9)117-92(131)38-47-138-51-55-142-58-60-143-56-52-139-48-43-114-90(129)34-35-94(133)122-67-72-22-14-15-24-76(72)97(111-6)98(119-110)77-25-16-17-27-83(77)122/h14-17,22,24-25,27,30-33,36,39,63,70-71,78-79,81-82,86-87,89,95-96,111,119-121,127H,10-13,18-21,23,26,28-29,34-35,37-38,40-62,64-69,110H2,1-9H3,(H8-,109,112,113,114,115,116,117,118,129,130,131,132,134,135,136)/p+1/b98-97-/t71-,78+,79+,81+,82-,86?,87+,89-,95?,96+,103+,104+,105+,106-/m1/s1. The van der Waals surface area contributed by atoms with Crippen LogP contribution in [-0.2, 0) is 107 Å². The number of nitrogens with zero attached hydrogens (tertiary/aromatic N) is 3. The number of urea groups is 1. The van der Waals surface area contributed by atoms with Crippen LogP contribution in [-0.4, -0.2) is 320 Å². The number of hydrogen-bond donors (Lipinski definition) is 14. The van der Waals surface area contributed by atoms with E-state index >= 15 is 13.6 Å². The summed E-state index contributed by atoms with van der Waals surface area (Å²) in [5.41, 5.74) is 14.5. The molecule has 1 saturated heterocycles. The number of unbranched alkanes of at least 4 members (excludes halogenated alkanes) is 1. The van der Waals surface area contributed by atoms with Crippen molar-refractivity contribution in [3.05, 3.63) is 125 Å². The van der Waals surface area contributed by atoms with Gasteiger partial charge in [-0.05, 0) is 149 Å². The summed E-state index contributed by atoms with van der Waals surface area (Å²) in [4.78, 5) is 151. The summed E-state index contributed by atoms with van der Waals surface area (Å²) in [6.45, 7) is 15.1. The number of carbonyl (C=O) groups excluding carboxylic acids is 11. The zero-order valence-electron chi connectivity index (χ0n) is 87.4. The predicted octanol–water partition coefficient (Wildman–Crippen LogP) is 6.29. The van der Waals surface area contributed by atoms with Crippen molar-refractivity contribution in [2.24, 2.45) is 46.1 Å². The number of rotatable bonds is 65. The summed E-state index contributed by atoms with van der Waals surface area (Å²) < 4.78 is 107. The highest BCUT2D eigenvalue weighted by molar-refractivity contribution is 6.03. The van der Waals surface area contributed by atoms with Crippen molar-refractivity contribution in [1.82, 2.24) is 58.6 Å². The van der Waals surface area contributed by atoms with E-state index in [1.165, 1.54) is 43.3 Å². The van der Waals surface area contributed by atoms with E-state index in [4.69, 9.17) is 68.4 Å². The van der Waals surface area contributed by atoms with E-state index in [-0.39, 0.29) is 190 Å². The van der Waals surface area contributed by atoms with Crippen LogP contribution < -0.4 is 80.1 Å². The second-order valence-electron chi connectivity index (χ2n) is 40.6. The van der Waals surface area contributed by atoms with E-state index < -0.39 is 136 Å². The first-order valence-corrected chi connectivity index (χ1v) is 52.4. The Balaban J connectivity index is 0.631. The van der Waals surface area contributed by atoms with E-state index in [0.717, 1.165) is 76.6 Å².